The van der Waals surface area contributed by atoms with E-state index in [9.17, 15) is 24.8 Å². The SMILES string of the molecule is CC(=O)NC(O)(C#N)[C@H](Cc1ccccc1)N1C(=O)C(C(C)C)N(C(=O)c2ccccc2)C=C1c1ccccc1. The van der Waals surface area contributed by atoms with Gasteiger partial charge in [0.15, 0.2) is 0 Å². The summed E-state index contributed by atoms with van der Waals surface area (Å²) in [5.74, 6) is -1.76. The Bertz CT molecular complexity index is 1430. The summed E-state index contributed by atoms with van der Waals surface area (Å²) in [7, 11) is 0. The second-order valence-electron chi connectivity index (χ2n) is 10.1. The minimum absolute atomic E-state index is 0.0541. The molecule has 0 fully saturated rings. The van der Waals surface area contributed by atoms with Crippen molar-refractivity contribution in [1.29, 1.82) is 5.26 Å². The molecule has 2 unspecified atom stereocenters. The number of carbonyl (C=O) groups excluding carboxylic acids is 3. The molecule has 3 atom stereocenters. The second kappa shape index (κ2) is 12.0. The molecule has 2 N–H and O–H groups in total. The highest BCUT2D eigenvalue weighted by atomic mass is 16.3. The van der Waals surface area contributed by atoms with Gasteiger partial charge in [-0.05, 0) is 35.6 Å². The highest BCUT2D eigenvalue weighted by Gasteiger charge is 2.50. The van der Waals surface area contributed by atoms with Gasteiger partial charge in [-0.3, -0.25) is 19.3 Å². The number of nitriles is 1. The normalized spacial score (nSPS) is 17.4. The van der Waals surface area contributed by atoms with E-state index in [0.717, 1.165) is 5.56 Å². The van der Waals surface area contributed by atoms with Crippen LogP contribution in [0.3, 0.4) is 0 Å². The van der Waals surface area contributed by atoms with Gasteiger partial charge in [-0.1, -0.05) is 92.7 Å². The fourth-order valence-electron chi connectivity index (χ4n) is 5.04. The molecule has 0 radical (unpaired) electrons. The van der Waals surface area contributed by atoms with Crippen LogP contribution >= 0.6 is 0 Å². The van der Waals surface area contributed by atoms with Crippen molar-refractivity contribution in [3.63, 3.8) is 0 Å². The maximum atomic E-state index is 14.5. The summed E-state index contributed by atoms with van der Waals surface area (Å²) in [6, 6.07) is 26.5. The van der Waals surface area contributed by atoms with Crippen molar-refractivity contribution in [2.24, 2.45) is 5.92 Å². The van der Waals surface area contributed by atoms with Crippen molar-refractivity contribution in [2.75, 3.05) is 0 Å². The van der Waals surface area contributed by atoms with Crippen LogP contribution in [0.5, 0.6) is 0 Å². The molecule has 0 saturated carbocycles. The third kappa shape index (κ3) is 5.80. The number of rotatable bonds is 8. The Morgan fingerprint density at radius 3 is 2.05 bits per heavy atom. The summed E-state index contributed by atoms with van der Waals surface area (Å²) in [6.45, 7) is 4.87. The molecule has 0 saturated heterocycles. The predicted octanol–water partition coefficient (Wildman–Crippen LogP) is 3.95. The van der Waals surface area contributed by atoms with Crippen LogP contribution in [0.2, 0.25) is 0 Å². The summed E-state index contributed by atoms with van der Waals surface area (Å²) >= 11 is 0. The molecule has 3 aromatic rings. The quantitative estimate of drug-likeness (QED) is 0.334. The largest absolute Gasteiger partial charge is 0.358 e. The van der Waals surface area contributed by atoms with Crippen molar-refractivity contribution in [2.45, 2.75) is 45.0 Å². The molecule has 40 heavy (non-hydrogen) atoms. The molecule has 0 aliphatic carbocycles. The van der Waals surface area contributed by atoms with Gasteiger partial charge in [0.25, 0.3) is 11.8 Å². The van der Waals surface area contributed by atoms with E-state index >= 15 is 0 Å². The van der Waals surface area contributed by atoms with E-state index in [-0.39, 0.29) is 18.2 Å². The molecule has 3 amide bonds. The monoisotopic (exact) mass is 536 g/mol. The van der Waals surface area contributed by atoms with E-state index in [1.807, 2.05) is 62.4 Å². The summed E-state index contributed by atoms with van der Waals surface area (Å²) < 4.78 is 0. The summed E-state index contributed by atoms with van der Waals surface area (Å²) in [6.07, 6.45) is 1.67. The fraction of sp³-hybridized carbons (Fsp3) is 0.250. The van der Waals surface area contributed by atoms with Gasteiger partial charge >= 0.3 is 0 Å². The lowest BCUT2D eigenvalue weighted by Crippen LogP contribution is -2.66. The van der Waals surface area contributed by atoms with Crippen molar-refractivity contribution in [3.8, 4) is 6.07 Å². The van der Waals surface area contributed by atoms with Gasteiger partial charge in [-0.15, -0.1) is 0 Å². The van der Waals surface area contributed by atoms with E-state index in [1.54, 1.807) is 54.7 Å². The summed E-state index contributed by atoms with van der Waals surface area (Å²) in [5, 5.41) is 24.2. The van der Waals surface area contributed by atoms with Crippen LogP contribution in [-0.4, -0.2) is 50.4 Å². The van der Waals surface area contributed by atoms with Gasteiger partial charge in [0, 0.05) is 18.7 Å². The van der Waals surface area contributed by atoms with Gasteiger partial charge in [0.2, 0.25) is 11.6 Å². The molecule has 4 rings (SSSR count). The van der Waals surface area contributed by atoms with Crippen LogP contribution in [0.15, 0.2) is 97.2 Å². The number of nitrogens with zero attached hydrogens (tertiary/aromatic N) is 3. The molecule has 8 nitrogen and oxygen atoms in total. The summed E-state index contributed by atoms with van der Waals surface area (Å²) in [5.41, 5.74) is -0.337. The van der Waals surface area contributed by atoms with Gasteiger partial charge < -0.3 is 15.3 Å². The Kier molecular flexibility index (Phi) is 8.46. The molecule has 0 aromatic heterocycles. The first kappa shape index (κ1) is 28.3. The zero-order chi connectivity index (χ0) is 28.9. The Balaban J connectivity index is 1.96. The van der Waals surface area contributed by atoms with Crippen LogP contribution < -0.4 is 5.32 Å². The minimum atomic E-state index is -2.43. The average molecular weight is 537 g/mol. The Hall–Kier alpha value is -4.74. The molecule has 204 valence electrons. The third-order valence-corrected chi connectivity index (χ3v) is 6.87. The van der Waals surface area contributed by atoms with Crippen LogP contribution in [0.25, 0.3) is 5.70 Å². The molecule has 1 aliphatic heterocycles. The number of carbonyl (C=O) groups is 3. The van der Waals surface area contributed by atoms with Gasteiger partial charge in [-0.25, -0.2) is 0 Å². The molecular weight excluding hydrogens is 504 g/mol. The number of nitrogens with one attached hydrogen (secondary N) is 1. The second-order valence-corrected chi connectivity index (χ2v) is 10.1. The lowest BCUT2D eigenvalue weighted by molar-refractivity contribution is -0.144. The number of aliphatic hydroxyl groups is 1. The van der Waals surface area contributed by atoms with Crippen LogP contribution in [0, 0.1) is 17.2 Å². The zero-order valence-electron chi connectivity index (χ0n) is 22.7. The maximum absolute atomic E-state index is 14.5. The number of hydrogen-bond donors (Lipinski definition) is 2. The lowest BCUT2D eigenvalue weighted by Gasteiger charge is -2.47. The van der Waals surface area contributed by atoms with Crippen molar-refractivity contribution in [3.05, 3.63) is 114 Å². The Labute approximate surface area is 234 Å². The molecule has 1 aliphatic rings. The molecule has 0 spiro atoms. The Morgan fingerprint density at radius 1 is 0.975 bits per heavy atom. The van der Waals surface area contributed by atoms with Gasteiger partial charge in [0.05, 0.1) is 5.70 Å². The first-order valence-electron chi connectivity index (χ1n) is 13.1. The molecule has 3 aromatic carbocycles. The Morgan fingerprint density at radius 2 is 1.52 bits per heavy atom. The van der Waals surface area contributed by atoms with E-state index in [2.05, 4.69) is 5.32 Å². The van der Waals surface area contributed by atoms with Crippen molar-refractivity contribution in [1.82, 2.24) is 15.1 Å². The number of amides is 3. The first-order chi connectivity index (χ1) is 19.2. The smallest absolute Gasteiger partial charge is 0.258 e. The van der Waals surface area contributed by atoms with E-state index in [4.69, 9.17) is 0 Å². The van der Waals surface area contributed by atoms with E-state index in [1.165, 1.54) is 16.7 Å². The van der Waals surface area contributed by atoms with Gasteiger partial charge in [-0.2, -0.15) is 5.26 Å². The topological polar surface area (TPSA) is 114 Å². The number of benzene rings is 3. The van der Waals surface area contributed by atoms with E-state index < -0.39 is 29.6 Å². The molecule has 8 heteroatoms. The lowest BCUT2D eigenvalue weighted by atomic mass is 9.89. The van der Waals surface area contributed by atoms with Crippen LogP contribution in [-0.2, 0) is 16.0 Å². The number of hydrogen-bond acceptors (Lipinski definition) is 5. The fourth-order valence-corrected chi connectivity index (χ4v) is 5.04. The highest BCUT2D eigenvalue weighted by Crippen LogP contribution is 2.36. The highest BCUT2D eigenvalue weighted by molar-refractivity contribution is 6.03. The molecule has 0 bridgehead atoms. The van der Waals surface area contributed by atoms with Crippen molar-refractivity contribution < 1.29 is 19.5 Å². The zero-order valence-corrected chi connectivity index (χ0v) is 22.7. The van der Waals surface area contributed by atoms with Crippen molar-refractivity contribution >= 4 is 23.4 Å². The van der Waals surface area contributed by atoms with E-state index in [0.29, 0.717) is 16.8 Å². The first-order valence-corrected chi connectivity index (χ1v) is 13.1. The molecular formula is C32H32N4O4. The third-order valence-electron chi connectivity index (χ3n) is 6.87. The maximum Gasteiger partial charge on any atom is 0.258 e. The van der Waals surface area contributed by atoms with Crippen LogP contribution in [0.1, 0.15) is 42.3 Å². The molecule has 1 heterocycles. The predicted molar refractivity (Wildman–Crippen MR) is 151 cm³/mol. The van der Waals surface area contributed by atoms with Gasteiger partial charge in [0.1, 0.15) is 18.2 Å². The minimum Gasteiger partial charge on any atom is -0.358 e. The standard InChI is InChI=1S/C32H32N4O4/c1-22(2)29-31(39)36(28(19-24-13-7-4-8-14-24)32(40,21-33)34-23(3)37)27(25-15-9-5-10-16-25)20-35(29)30(38)26-17-11-6-12-18-26/h4-18,20,22,28-29,40H,19H2,1-3H3,(H,34,37)/t28-,29?,32?/m0/s1. The summed E-state index contributed by atoms with van der Waals surface area (Å²) in [4.78, 5) is 43.3. The average Bonchev–Trinajstić information content (AvgIpc) is 2.96. The van der Waals surface area contributed by atoms with Crippen LogP contribution in [0.4, 0.5) is 0 Å².